The van der Waals surface area contributed by atoms with Gasteiger partial charge in [0.15, 0.2) is 0 Å². The second kappa shape index (κ2) is 6.72. The number of thiophene rings is 1. The number of halogens is 1. The number of ether oxygens (including phenoxy) is 2. The van der Waals surface area contributed by atoms with Crippen LogP contribution in [-0.4, -0.2) is 20.8 Å². The van der Waals surface area contributed by atoms with Gasteiger partial charge in [-0.05, 0) is 30.8 Å². The molecule has 0 fully saturated rings. The van der Waals surface area contributed by atoms with Gasteiger partial charge < -0.3 is 14.8 Å². The number of rotatable bonds is 6. The first-order valence-corrected chi connectivity index (χ1v) is 7.26. The first-order valence-electron chi connectivity index (χ1n) is 6.38. The fourth-order valence-corrected chi connectivity index (χ4v) is 3.04. The first kappa shape index (κ1) is 14.8. The highest BCUT2D eigenvalue weighted by Crippen LogP contribution is 2.35. The van der Waals surface area contributed by atoms with Crippen molar-refractivity contribution < 1.29 is 13.9 Å². The lowest BCUT2D eigenvalue weighted by atomic mass is 10.0. The Morgan fingerprint density at radius 1 is 1.25 bits per heavy atom. The van der Waals surface area contributed by atoms with Crippen molar-refractivity contribution in [1.29, 1.82) is 0 Å². The molecule has 0 bridgehead atoms. The summed E-state index contributed by atoms with van der Waals surface area (Å²) in [6, 6.07) is 6.42. The van der Waals surface area contributed by atoms with Crippen molar-refractivity contribution in [3.8, 4) is 11.5 Å². The van der Waals surface area contributed by atoms with Gasteiger partial charge >= 0.3 is 0 Å². The van der Waals surface area contributed by atoms with E-state index in [0.717, 1.165) is 22.7 Å². The van der Waals surface area contributed by atoms with E-state index in [9.17, 15) is 4.39 Å². The van der Waals surface area contributed by atoms with E-state index in [4.69, 9.17) is 9.47 Å². The van der Waals surface area contributed by atoms with E-state index in [-0.39, 0.29) is 11.9 Å². The van der Waals surface area contributed by atoms with Crippen LogP contribution in [0.4, 0.5) is 4.39 Å². The maximum atomic E-state index is 13.6. The fraction of sp³-hybridized carbons (Fsp3) is 0.333. The molecule has 0 amide bonds. The van der Waals surface area contributed by atoms with Crippen LogP contribution in [-0.2, 0) is 0 Å². The van der Waals surface area contributed by atoms with Crippen LogP contribution < -0.4 is 14.8 Å². The van der Waals surface area contributed by atoms with E-state index in [0.29, 0.717) is 5.75 Å². The standard InChI is InChI=1S/C15H18FNO2S/c1-4-17-15(14-8-11(18-2)9-20-14)12-7-10(16)5-6-13(12)19-3/h5-9,15,17H,4H2,1-3H3. The van der Waals surface area contributed by atoms with E-state index < -0.39 is 0 Å². The highest BCUT2D eigenvalue weighted by atomic mass is 32.1. The summed E-state index contributed by atoms with van der Waals surface area (Å²) < 4.78 is 24.1. The summed E-state index contributed by atoms with van der Waals surface area (Å²) in [6.45, 7) is 2.79. The van der Waals surface area contributed by atoms with Crippen LogP contribution in [0.15, 0.2) is 29.6 Å². The van der Waals surface area contributed by atoms with Crippen molar-refractivity contribution in [2.75, 3.05) is 20.8 Å². The van der Waals surface area contributed by atoms with Crippen LogP contribution >= 0.6 is 11.3 Å². The van der Waals surface area contributed by atoms with Gasteiger partial charge in [0.05, 0.1) is 20.3 Å². The second-order valence-corrected chi connectivity index (χ2v) is 5.21. The average Bonchev–Trinajstić information content (AvgIpc) is 2.93. The summed E-state index contributed by atoms with van der Waals surface area (Å²) >= 11 is 1.58. The third-order valence-electron chi connectivity index (χ3n) is 3.03. The molecule has 1 aromatic heterocycles. The molecule has 5 heteroatoms. The minimum Gasteiger partial charge on any atom is -0.496 e. The Morgan fingerprint density at radius 2 is 2.05 bits per heavy atom. The minimum absolute atomic E-state index is 0.112. The van der Waals surface area contributed by atoms with Crippen molar-refractivity contribution in [3.05, 3.63) is 45.9 Å². The van der Waals surface area contributed by atoms with Crippen molar-refractivity contribution in [2.45, 2.75) is 13.0 Å². The average molecular weight is 295 g/mol. The molecule has 108 valence electrons. The normalized spacial score (nSPS) is 12.2. The Morgan fingerprint density at radius 3 is 2.65 bits per heavy atom. The van der Waals surface area contributed by atoms with Crippen LogP contribution in [0.2, 0.25) is 0 Å². The molecule has 0 radical (unpaired) electrons. The van der Waals surface area contributed by atoms with E-state index in [1.54, 1.807) is 31.6 Å². The first-order chi connectivity index (χ1) is 9.69. The number of methoxy groups -OCH3 is 2. The van der Waals surface area contributed by atoms with Crippen molar-refractivity contribution in [1.82, 2.24) is 5.32 Å². The summed E-state index contributed by atoms with van der Waals surface area (Å²) in [7, 11) is 3.23. The number of benzene rings is 1. The molecule has 20 heavy (non-hydrogen) atoms. The molecule has 0 saturated carbocycles. The quantitative estimate of drug-likeness (QED) is 0.883. The van der Waals surface area contributed by atoms with Gasteiger partial charge in [0, 0.05) is 15.8 Å². The van der Waals surface area contributed by atoms with Gasteiger partial charge in [0.25, 0.3) is 0 Å². The van der Waals surface area contributed by atoms with Crippen LogP contribution in [0.3, 0.4) is 0 Å². The topological polar surface area (TPSA) is 30.5 Å². The lowest BCUT2D eigenvalue weighted by Crippen LogP contribution is -2.21. The molecular weight excluding hydrogens is 277 g/mol. The molecule has 1 N–H and O–H groups in total. The Balaban J connectivity index is 2.44. The lowest BCUT2D eigenvalue weighted by molar-refractivity contribution is 0.402. The Kier molecular flexibility index (Phi) is 4.98. The zero-order valence-electron chi connectivity index (χ0n) is 11.8. The van der Waals surface area contributed by atoms with Gasteiger partial charge in [0.1, 0.15) is 17.3 Å². The van der Waals surface area contributed by atoms with Crippen molar-refractivity contribution in [3.63, 3.8) is 0 Å². The molecule has 1 atom stereocenters. The molecule has 1 aromatic carbocycles. The maximum Gasteiger partial charge on any atom is 0.129 e. The molecule has 0 aliphatic carbocycles. The molecule has 0 aliphatic heterocycles. The summed E-state index contributed by atoms with van der Waals surface area (Å²) in [6.07, 6.45) is 0. The smallest absolute Gasteiger partial charge is 0.129 e. The molecule has 2 rings (SSSR count). The van der Waals surface area contributed by atoms with Crippen LogP contribution in [0.1, 0.15) is 23.4 Å². The zero-order valence-corrected chi connectivity index (χ0v) is 12.6. The third kappa shape index (κ3) is 3.11. The predicted molar refractivity (Wildman–Crippen MR) is 79.3 cm³/mol. The molecule has 0 spiro atoms. The molecular formula is C15H18FNO2S. The molecule has 0 aliphatic rings. The van der Waals surface area contributed by atoms with Gasteiger partial charge in [-0.3, -0.25) is 0 Å². The third-order valence-corrected chi connectivity index (χ3v) is 4.00. The van der Waals surface area contributed by atoms with E-state index in [1.807, 2.05) is 18.4 Å². The SMILES string of the molecule is CCNC(c1cc(OC)cs1)c1cc(F)ccc1OC. The second-order valence-electron chi connectivity index (χ2n) is 4.27. The van der Waals surface area contributed by atoms with Gasteiger partial charge in [-0.25, -0.2) is 4.39 Å². The Hall–Kier alpha value is -1.59. The van der Waals surface area contributed by atoms with Crippen molar-refractivity contribution in [2.24, 2.45) is 0 Å². The Labute approximate surface area is 122 Å². The molecule has 2 aromatic rings. The van der Waals surface area contributed by atoms with Gasteiger partial charge in [-0.15, -0.1) is 11.3 Å². The fourth-order valence-electron chi connectivity index (χ4n) is 2.09. The summed E-state index contributed by atoms with van der Waals surface area (Å²) in [5.74, 6) is 1.21. The summed E-state index contributed by atoms with van der Waals surface area (Å²) in [5, 5.41) is 5.30. The van der Waals surface area contributed by atoms with Gasteiger partial charge in [0.2, 0.25) is 0 Å². The van der Waals surface area contributed by atoms with Gasteiger partial charge in [-0.2, -0.15) is 0 Å². The van der Waals surface area contributed by atoms with Crippen LogP contribution in [0, 0.1) is 5.82 Å². The summed E-state index contributed by atoms with van der Waals surface area (Å²) in [5.41, 5.74) is 0.791. The number of hydrogen-bond acceptors (Lipinski definition) is 4. The van der Waals surface area contributed by atoms with E-state index >= 15 is 0 Å². The van der Waals surface area contributed by atoms with Crippen LogP contribution in [0.25, 0.3) is 0 Å². The highest BCUT2D eigenvalue weighted by molar-refractivity contribution is 7.10. The Bertz CT molecular complexity index is 571. The van der Waals surface area contributed by atoms with E-state index in [1.165, 1.54) is 12.1 Å². The molecule has 3 nitrogen and oxygen atoms in total. The van der Waals surface area contributed by atoms with E-state index in [2.05, 4.69) is 5.32 Å². The zero-order chi connectivity index (χ0) is 14.5. The molecule has 1 unspecified atom stereocenters. The number of nitrogens with one attached hydrogen (secondary N) is 1. The van der Waals surface area contributed by atoms with Crippen molar-refractivity contribution >= 4 is 11.3 Å². The maximum absolute atomic E-state index is 13.6. The minimum atomic E-state index is -0.271. The predicted octanol–water partition coefficient (Wildman–Crippen LogP) is 3.60. The molecule has 1 heterocycles. The lowest BCUT2D eigenvalue weighted by Gasteiger charge is -2.19. The van der Waals surface area contributed by atoms with Crippen LogP contribution in [0.5, 0.6) is 11.5 Å². The largest absolute Gasteiger partial charge is 0.496 e. The number of hydrogen-bond donors (Lipinski definition) is 1. The monoisotopic (exact) mass is 295 g/mol. The summed E-state index contributed by atoms with van der Waals surface area (Å²) in [4.78, 5) is 1.06. The highest BCUT2D eigenvalue weighted by Gasteiger charge is 2.20. The molecule has 0 saturated heterocycles. The van der Waals surface area contributed by atoms with Gasteiger partial charge in [-0.1, -0.05) is 6.92 Å².